The topological polar surface area (TPSA) is 80.4 Å². The van der Waals surface area contributed by atoms with Crippen molar-refractivity contribution in [1.29, 1.82) is 0 Å². The van der Waals surface area contributed by atoms with E-state index in [2.05, 4.69) is 0 Å². The Morgan fingerprint density at radius 2 is 1.26 bits per heavy atom. The Labute approximate surface area is 164 Å². The predicted molar refractivity (Wildman–Crippen MR) is 91.7 cm³/mol. The molecule has 0 aliphatic heterocycles. The Kier molecular flexibility index (Phi) is 13.4. The Bertz CT molecular complexity index is 509. The van der Waals surface area contributed by atoms with Crippen LogP contribution in [0.4, 0.5) is 0 Å². The number of nitrogens with two attached hydrogens (primary N) is 1. The molecule has 0 unspecified atom stereocenters. The molecule has 0 radical (unpaired) electrons. The minimum absolute atomic E-state index is 0. The molecule has 0 aliphatic carbocycles. The van der Waals surface area contributed by atoms with Crippen molar-refractivity contribution in [2.75, 3.05) is 6.54 Å². The fraction of sp³-hybridized carbons (Fsp3) is 0.647. The molecule has 0 heterocycles. The maximum Gasteiger partial charge on any atom is 1.00 e. The number of rotatable bonds is 12. The van der Waals surface area contributed by atoms with Crippen molar-refractivity contribution in [2.45, 2.75) is 69.1 Å². The van der Waals surface area contributed by atoms with Crippen molar-refractivity contribution in [3.8, 4) is 0 Å². The van der Waals surface area contributed by atoms with Crippen LogP contribution in [0.25, 0.3) is 0 Å². The molecule has 1 rings (SSSR count). The van der Waals surface area contributed by atoms with Gasteiger partial charge in [-0.05, 0) is 43.5 Å². The largest absolute Gasteiger partial charge is 1.00 e. The average Bonchev–Trinajstić information content (AvgIpc) is 2.49. The molecule has 0 atom stereocenters. The molecular weight excluding hydrogens is 321 g/mol. The van der Waals surface area contributed by atoms with E-state index in [4.69, 9.17) is 10.3 Å². The second-order valence-electron chi connectivity index (χ2n) is 5.84. The first kappa shape index (κ1) is 23.1. The normalized spacial score (nSPS) is 11.2. The standard InChI is InChI=1S/C17H29NO3S.Na.H/c18-15-9-7-5-3-1-2-4-6-8-10-16-11-13-17(14-12-16)22(19,20)21;;/h11-14H,1-10,15,18H2,(H,19,20,21);;/q;+1;-1. The zero-order chi connectivity index (χ0) is 16.3. The van der Waals surface area contributed by atoms with Gasteiger partial charge in [-0.2, -0.15) is 8.42 Å². The fourth-order valence-electron chi connectivity index (χ4n) is 2.54. The molecule has 1 aromatic rings. The molecule has 0 spiro atoms. The Morgan fingerprint density at radius 1 is 0.826 bits per heavy atom. The summed E-state index contributed by atoms with van der Waals surface area (Å²) in [5.74, 6) is 0. The van der Waals surface area contributed by atoms with E-state index in [9.17, 15) is 8.42 Å². The maximum absolute atomic E-state index is 10.9. The molecule has 1 aromatic carbocycles. The molecule has 0 fully saturated rings. The quantitative estimate of drug-likeness (QED) is 0.335. The first-order valence-corrected chi connectivity index (χ1v) is 9.74. The summed E-state index contributed by atoms with van der Waals surface area (Å²) in [6.45, 7) is 0.811. The van der Waals surface area contributed by atoms with E-state index in [1.54, 1.807) is 12.1 Å². The van der Waals surface area contributed by atoms with Crippen molar-refractivity contribution in [3.63, 3.8) is 0 Å². The van der Waals surface area contributed by atoms with E-state index in [1.165, 1.54) is 57.1 Å². The SMILES string of the molecule is NCCCCCCCCCCCc1ccc(S(=O)(=O)O)cc1.[H-].[Na+]. The zero-order valence-electron chi connectivity index (χ0n) is 15.3. The molecule has 23 heavy (non-hydrogen) atoms. The van der Waals surface area contributed by atoms with Gasteiger partial charge < -0.3 is 7.16 Å². The van der Waals surface area contributed by atoms with Gasteiger partial charge in [0, 0.05) is 0 Å². The van der Waals surface area contributed by atoms with Crippen LogP contribution < -0.4 is 35.3 Å². The summed E-state index contributed by atoms with van der Waals surface area (Å²) in [5, 5.41) is 0. The van der Waals surface area contributed by atoms with Gasteiger partial charge in [-0.1, -0.05) is 57.1 Å². The minimum atomic E-state index is -4.07. The van der Waals surface area contributed by atoms with Gasteiger partial charge >= 0.3 is 29.6 Å². The van der Waals surface area contributed by atoms with Crippen LogP contribution in [0.1, 0.15) is 64.8 Å². The number of aryl methyl sites for hydroxylation is 1. The Morgan fingerprint density at radius 3 is 1.70 bits per heavy atom. The van der Waals surface area contributed by atoms with Crippen molar-refractivity contribution >= 4 is 10.1 Å². The summed E-state index contributed by atoms with van der Waals surface area (Å²) in [6.07, 6.45) is 12.2. The summed E-state index contributed by atoms with van der Waals surface area (Å²) < 4.78 is 30.8. The van der Waals surface area contributed by atoms with Gasteiger partial charge in [-0.25, -0.2) is 0 Å². The smallest absolute Gasteiger partial charge is 1.00 e. The van der Waals surface area contributed by atoms with Gasteiger partial charge in [0.25, 0.3) is 10.1 Å². The molecular formula is C17H30NNaO3S. The van der Waals surface area contributed by atoms with E-state index in [1.807, 2.05) is 0 Å². The zero-order valence-corrected chi connectivity index (χ0v) is 17.2. The first-order chi connectivity index (χ1) is 10.5. The van der Waals surface area contributed by atoms with Crippen LogP contribution in [0.3, 0.4) is 0 Å². The minimum Gasteiger partial charge on any atom is -1.00 e. The van der Waals surface area contributed by atoms with Crippen LogP contribution in [0, 0.1) is 0 Å². The van der Waals surface area contributed by atoms with Gasteiger partial charge in [-0.3, -0.25) is 4.55 Å². The molecule has 0 amide bonds. The third-order valence-electron chi connectivity index (χ3n) is 3.89. The monoisotopic (exact) mass is 351 g/mol. The van der Waals surface area contributed by atoms with Crippen LogP contribution in [0.15, 0.2) is 29.2 Å². The van der Waals surface area contributed by atoms with Crippen molar-refractivity contribution in [3.05, 3.63) is 29.8 Å². The molecule has 0 aliphatic rings. The van der Waals surface area contributed by atoms with E-state index in [-0.39, 0.29) is 35.9 Å². The van der Waals surface area contributed by atoms with Crippen LogP contribution in [0.2, 0.25) is 0 Å². The second kappa shape index (κ2) is 13.4. The van der Waals surface area contributed by atoms with Crippen LogP contribution in [0.5, 0.6) is 0 Å². The number of hydrogen-bond donors (Lipinski definition) is 2. The van der Waals surface area contributed by atoms with Crippen molar-refractivity contribution in [1.82, 2.24) is 0 Å². The molecule has 4 nitrogen and oxygen atoms in total. The summed E-state index contributed by atoms with van der Waals surface area (Å²) >= 11 is 0. The molecule has 0 saturated heterocycles. The number of hydrogen-bond acceptors (Lipinski definition) is 3. The van der Waals surface area contributed by atoms with Crippen LogP contribution in [-0.4, -0.2) is 19.5 Å². The summed E-state index contributed by atoms with van der Waals surface area (Å²) in [6, 6.07) is 6.49. The predicted octanol–water partition coefficient (Wildman–Crippen LogP) is 1.06. The first-order valence-electron chi connectivity index (χ1n) is 8.30. The number of unbranched alkanes of at least 4 members (excludes halogenated alkanes) is 8. The molecule has 3 N–H and O–H groups in total. The Hall–Kier alpha value is 0.0900. The van der Waals surface area contributed by atoms with Crippen molar-refractivity contribution in [2.24, 2.45) is 5.73 Å². The Balaban J connectivity index is 0. The van der Waals surface area contributed by atoms with Crippen molar-refractivity contribution < 1.29 is 44.0 Å². The molecule has 0 saturated carbocycles. The second-order valence-corrected chi connectivity index (χ2v) is 7.26. The third kappa shape index (κ3) is 11.3. The summed E-state index contributed by atoms with van der Waals surface area (Å²) in [5.41, 5.74) is 6.58. The fourth-order valence-corrected chi connectivity index (χ4v) is 3.02. The van der Waals surface area contributed by atoms with Gasteiger partial charge in [0.15, 0.2) is 0 Å². The van der Waals surface area contributed by atoms with Crippen LogP contribution >= 0.6 is 0 Å². The third-order valence-corrected chi connectivity index (χ3v) is 4.76. The average molecular weight is 351 g/mol. The summed E-state index contributed by atoms with van der Waals surface area (Å²) in [7, 11) is -4.07. The van der Waals surface area contributed by atoms with E-state index < -0.39 is 10.1 Å². The van der Waals surface area contributed by atoms with Gasteiger partial charge in [0.1, 0.15) is 0 Å². The van der Waals surface area contributed by atoms with E-state index >= 15 is 0 Å². The molecule has 6 heteroatoms. The summed E-state index contributed by atoms with van der Waals surface area (Å²) in [4.78, 5) is -0.0362. The number of benzene rings is 1. The van der Waals surface area contributed by atoms with E-state index in [0.29, 0.717) is 0 Å². The van der Waals surface area contributed by atoms with Gasteiger partial charge in [-0.15, -0.1) is 0 Å². The van der Waals surface area contributed by atoms with Crippen LogP contribution in [-0.2, 0) is 16.5 Å². The molecule has 0 aromatic heterocycles. The van der Waals surface area contributed by atoms with E-state index in [0.717, 1.165) is 31.4 Å². The molecule has 0 bridgehead atoms. The van der Waals surface area contributed by atoms with Gasteiger partial charge in [0.2, 0.25) is 0 Å². The maximum atomic E-state index is 10.9. The van der Waals surface area contributed by atoms with Gasteiger partial charge in [0.05, 0.1) is 4.90 Å². The molecule has 128 valence electrons.